The first-order valence-electron chi connectivity index (χ1n) is 8.94. The summed E-state index contributed by atoms with van der Waals surface area (Å²) in [5, 5.41) is 2.81. The summed E-state index contributed by atoms with van der Waals surface area (Å²) in [6, 6.07) is 7.54. The number of benzene rings is 1. The molecule has 1 saturated carbocycles. The molecule has 4 aliphatic rings. The van der Waals surface area contributed by atoms with E-state index in [-0.39, 0.29) is 54.4 Å². The fourth-order valence-corrected chi connectivity index (χ4v) is 4.43. The summed E-state index contributed by atoms with van der Waals surface area (Å²) in [7, 11) is 0. The number of hydrogen-bond donors (Lipinski definition) is 1. The third-order valence-corrected chi connectivity index (χ3v) is 5.75. The molecule has 1 saturated heterocycles. The maximum Gasteiger partial charge on any atom is 0.233 e. The maximum atomic E-state index is 12.7. The lowest BCUT2D eigenvalue weighted by molar-refractivity contribution is -0.140. The standard InChI is InChI=1S/C20H22N2O3/c1-12-2-8-15(9-3-12)21-16(23)10-11-22-19(24)17-13-4-5-14(7-6-13)18(17)20(22)25/h2-5,8-9,13-14,17-18H,6-7,10-11H2,1H3,(H,21,23)/t13-,14-,17-,18-/m0/s1. The number of amides is 3. The van der Waals surface area contributed by atoms with Gasteiger partial charge in [0, 0.05) is 18.7 Å². The van der Waals surface area contributed by atoms with E-state index in [0.29, 0.717) is 0 Å². The number of fused-ring (bicyclic) bond motifs is 1. The highest BCUT2D eigenvalue weighted by molar-refractivity contribution is 6.06. The normalized spacial score (nSPS) is 29.9. The van der Waals surface area contributed by atoms with Crippen LogP contribution in [0.5, 0.6) is 0 Å². The van der Waals surface area contributed by atoms with E-state index in [4.69, 9.17) is 0 Å². The molecular formula is C20H22N2O3. The van der Waals surface area contributed by atoms with Crippen LogP contribution in [0.15, 0.2) is 36.4 Å². The van der Waals surface area contributed by atoms with Gasteiger partial charge in [0.25, 0.3) is 0 Å². The molecule has 1 aliphatic heterocycles. The molecule has 2 bridgehead atoms. The van der Waals surface area contributed by atoms with Gasteiger partial charge in [-0.25, -0.2) is 0 Å². The Bertz CT molecular complexity index is 721. The lowest BCUT2D eigenvalue weighted by atomic mass is 9.63. The van der Waals surface area contributed by atoms with Crippen LogP contribution in [0.2, 0.25) is 0 Å². The van der Waals surface area contributed by atoms with Crippen molar-refractivity contribution >= 4 is 23.4 Å². The first-order valence-corrected chi connectivity index (χ1v) is 8.94. The van der Waals surface area contributed by atoms with E-state index in [9.17, 15) is 14.4 Å². The van der Waals surface area contributed by atoms with Crippen LogP contribution in [0.1, 0.15) is 24.8 Å². The number of aryl methyl sites for hydroxylation is 1. The number of nitrogens with one attached hydrogen (secondary N) is 1. The molecule has 1 aromatic rings. The highest BCUT2D eigenvalue weighted by Gasteiger charge is 2.56. The third kappa shape index (κ3) is 2.77. The molecule has 0 radical (unpaired) electrons. The molecular weight excluding hydrogens is 316 g/mol. The average molecular weight is 338 g/mol. The number of allylic oxidation sites excluding steroid dienone is 2. The molecule has 3 amide bonds. The van der Waals surface area contributed by atoms with E-state index in [0.717, 1.165) is 24.1 Å². The Morgan fingerprint density at radius 3 is 2.12 bits per heavy atom. The molecule has 0 aromatic heterocycles. The number of nitrogens with zero attached hydrogens (tertiary/aromatic N) is 1. The molecule has 5 rings (SSSR count). The molecule has 5 heteroatoms. The molecule has 4 atom stereocenters. The molecule has 1 aromatic carbocycles. The van der Waals surface area contributed by atoms with Crippen LogP contribution in [0.4, 0.5) is 5.69 Å². The maximum absolute atomic E-state index is 12.7. The molecule has 2 fully saturated rings. The van der Waals surface area contributed by atoms with Gasteiger partial charge in [-0.15, -0.1) is 0 Å². The second kappa shape index (κ2) is 6.14. The van der Waals surface area contributed by atoms with Crippen molar-refractivity contribution in [1.82, 2.24) is 4.90 Å². The molecule has 25 heavy (non-hydrogen) atoms. The molecule has 0 spiro atoms. The van der Waals surface area contributed by atoms with Crippen LogP contribution in [0.3, 0.4) is 0 Å². The number of hydrogen-bond acceptors (Lipinski definition) is 3. The van der Waals surface area contributed by atoms with E-state index >= 15 is 0 Å². The second-order valence-electron chi connectivity index (χ2n) is 7.33. The van der Waals surface area contributed by atoms with Gasteiger partial charge in [-0.05, 0) is 43.7 Å². The molecule has 5 nitrogen and oxygen atoms in total. The van der Waals surface area contributed by atoms with Crippen molar-refractivity contribution in [2.45, 2.75) is 26.2 Å². The second-order valence-corrected chi connectivity index (χ2v) is 7.33. The number of carbonyl (C=O) groups is 3. The largest absolute Gasteiger partial charge is 0.326 e. The lowest BCUT2D eigenvalue weighted by Crippen LogP contribution is -2.38. The third-order valence-electron chi connectivity index (χ3n) is 5.75. The molecule has 3 aliphatic carbocycles. The first kappa shape index (κ1) is 16.1. The first-order chi connectivity index (χ1) is 12.0. The monoisotopic (exact) mass is 338 g/mol. The van der Waals surface area contributed by atoms with Crippen LogP contribution in [-0.4, -0.2) is 29.2 Å². The van der Waals surface area contributed by atoms with Gasteiger partial charge in [-0.1, -0.05) is 29.8 Å². The minimum atomic E-state index is -0.198. The van der Waals surface area contributed by atoms with Crippen LogP contribution >= 0.6 is 0 Å². The fourth-order valence-electron chi connectivity index (χ4n) is 4.43. The van der Waals surface area contributed by atoms with Gasteiger partial charge in [0.1, 0.15) is 0 Å². The van der Waals surface area contributed by atoms with Crippen molar-refractivity contribution < 1.29 is 14.4 Å². The topological polar surface area (TPSA) is 66.5 Å². The van der Waals surface area contributed by atoms with Crippen molar-refractivity contribution in [3.8, 4) is 0 Å². The summed E-state index contributed by atoms with van der Waals surface area (Å²) in [4.78, 5) is 38.8. The highest BCUT2D eigenvalue weighted by Crippen LogP contribution is 2.49. The molecule has 1 heterocycles. The number of anilines is 1. The Kier molecular flexibility index (Phi) is 3.94. The van der Waals surface area contributed by atoms with E-state index < -0.39 is 0 Å². The number of imide groups is 1. The number of likely N-dealkylation sites (tertiary alicyclic amines) is 1. The summed E-state index contributed by atoms with van der Waals surface area (Å²) in [6.07, 6.45) is 6.32. The number of rotatable bonds is 4. The molecule has 0 unspecified atom stereocenters. The van der Waals surface area contributed by atoms with Crippen molar-refractivity contribution in [3.05, 3.63) is 42.0 Å². The Morgan fingerprint density at radius 2 is 1.60 bits per heavy atom. The van der Waals surface area contributed by atoms with Crippen LogP contribution in [0.25, 0.3) is 0 Å². The van der Waals surface area contributed by atoms with E-state index in [1.54, 1.807) is 0 Å². The lowest BCUT2D eigenvalue weighted by Gasteiger charge is -2.38. The van der Waals surface area contributed by atoms with Crippen LogP contribution in [0, 0.1) is 30.6 Å². The molecule has 130 valence electrons. The predicted octanol–water partition coefficient (Wildman–Crippen LogP) is 2.52. The molecule has 1 N–H and O–H groups in total. The van der Waals surface area contributed by atoms with Crippen molar-refractivity contribution in [2.75, 3.05) is 11.9 Å². The average Bonchev–Trinajstić information content (AvgIpc) is 2.89. The van der Waals surface area contributed by atoms with Crippen molar-refractivity contribution in [1.29, 1.82) is 0 Å². The van der Waals surface area contributed by atoms with Crippen LogP contribution in [-0.2, 0) is 14.4 Å². The Hall–Kier alpha value is -2.43. The van der Waals surface area contributed by atoms with Gasteiger partial charge in [-0.2, -0.15) is 0 Å². The van der Waals surface area contributed by atoms with Crippen molar-refractivity contribution in [2.24, 2.45) is 23.7 Å². The zero-order chi connectivity index (χ0) is 17.6. The Morgan fingerprint density at radius 1 is 1.04 bits per heavy atom. The smallest absolute Gasteiger partial charge is 0.233 e. The van der Waals surface area contributed by atoms with Gasteiger partial charge in [0.2, 0.25) is 17.7 Å². The zero-order valence-corrected chi connectivity index (χ0v) is 14.3. The van der Waals surface area contributed by atoms with Gasteiger partial charge >= 0.3 is 0 Å². The number of carbonyl (C=O) groups excluding carboxylic acids is 3. The minimum Gasteiger partial charge on any atom is -0.326 e. The van der Waals surface area contributed by atoms with E-state index in [2.05, 4.69) is 17.5 Å². The fraction of sp³-hybridized carbons (Fsp3) is 0.450. The quantitative estimate of drug-likeness (QED) is 0.678. The summed E-state index contributed by atoms with van der Waals surface area (Å²) in [5.41, 5.74) is 1.85. The predicted molar refractivity (Wildman–Crippen MR) is 93.5 cm³/mol. The van der Waals surface area contributed by atoms with E-state index in [1.807, 2.05) is 31.2 Å². The minimum absolute atomic E-state index is 0.0859. The van der Waals surface area contributed by atoms with Crippen LogP contribution < -0.4 is 5.32 Å². The zero-order valence-electron chi connectivity index (χ0n) is 14.3. The van der Waals surface area contributed by atoms with Crippen molar-refractivity contribution in [3.63, 3.8) is 0 Å². The van der Waals surface area contributed by atoms with Gasteiger partial charge in [-0.3, -0.25) is 19.3 Å². The summed E-state index contributed by atoms with van der Waals surface area (Å²) in [5.74, 6) is -0.363. The highest BCUT2D eigenvalue weighted by atomic mass is 16.2. The summed E-state index contributed by atoms with van der Waals surface area (Å²) < 4.78 is 0. The van der Waals surface area contributed by atoms with Gasteiger partial charge in [0.15, 0.2) is 0 Å². The Balaban J connectivity index is 1.38. The summed E-state index contributed by atoms with van der Waals surface area (Å²) >= 11 is 0. The van der Waals surface area contributed by atoms with Gasteiger partial charge in [0.05, 0.1) is 11.8 Å². The summed E-state index contributed by atoms with van der Waals surface area (Å²) in [6.45, 7) is 2.15. The van der Waals surface area contributed by atoms with Gasteiger partial charge < -0.3 is 5.32 Å². The SMILES string of the molecule is Cc1ccc(NC(=O)CCN2C(=O)[C@@H]3[C@@H](C2=O)[C@H]2C=C[C@H]3CC2)cc1. The Labute approximate surface area is 147 Å². The van der Waals surface area contributed by atoms with E-state index in [1.165, 1.54) is 4.90 Å².